The van der Waals surface area contributed by atoms with Gasteiger partial charge in [-0.05, 0) is 82.2 Å². The molecule has 2 aromatic rings. The van der Waals surface area contributed by atoms with Crippen LogP contribution in [0.4, 0.5) is 10.1 Å². The maximum Gasteiger partial charge on any atom is 0.294 e. The van der Waals surface area contributed by atoms with Crippen LogP contribution in [0, 0.1) is 12.7 Å². The van der Waals surface area contributed by atoms with Crippen molar-refractivity contribution in [1.29, 1.82) is 0 Å². The molecule has 6 nitrogen and oxygen atoms in total. The number of hydrogen-bond donors (Lipinski definition) is 2. The van der Waals surface area contributed by atoms with E-state index in [0.29, 0.717) is 29.8 Å². The zero-order valence-electron chi connectivity index (χ0n) is 17.3. The molecule has 30 heavy (non-hydrogen) atoms. The smallest absolute Gasteiger partial charge is 0.294 e. The van der Waals surface area contributed by atoms with Gasteiger partial charge in [-0.3, -0.25) is 14.4 Å². The lowest BCUT2D eigenvalue weighted by Gasteiger charge is -2.38. The molecule has 0 radical (unpaired) electrons. The number of ketones is 1. The number of nitrogens with zero attached hydrogens (tertiary/aromatic N) is 1. The second-order valence-electron chi connectivity index (χ2n) is 8.61. The molecule has 7 heteroatoms. The summed E-state index contributed by atoms with van der Waals surface area (Å²) in [6.45, 7) is 4.17. The summed E-state index contributed by atoms with van der Waals surface area (Å²) in [5.41, 5.74) is 2.02. The van der Waals surface area contributed by atoms with Gasteiger partial charge in [0.05, 0.1) is 11.3 Å². The van der Waals surface area contributed by atoms with Gasteiger partial charge in [0.1, 0.15) is 5.82 Å². The van der Waals surface area contributed by atoms with E-state index in [4.69, 9.17) is 0 Å². The lowest BCUT2D eigenvalue weighted by molar-refractivity contribution is -0.119. The molecule has 1 aromatic carbocycles. The fourth-order valence-electron chi connectivity index (χ4n) is 4.26. The van der Waals surface area contributed by atoms with Gasteiger partial charge in [0.25, 0.3) is 17.6 Å². The molecule has 1 aliphatic heterocycles. The van der Waals surface area contributed by atoms with E-state index in [0.717, 1.165) is 37.8 Å². The van der Waals surface area contributed by atoms with Gasteiger partial charge in [0, 0.05) is 23.5 Å². The molecule has 0 saturated heterocycles. The molecule has 1 aliphatic carbocycles. The van der Waals surface area contributed by atoms with Crippen LogP contribution in [0.1, 0.15) is 71.1 Å². The summed E-state index contributed by atoms with van der Waals surface area (Å²) >= 11 is 0. The topological polar surface area (TPSA) is 80.2 Å². The van der Waals surface area contributed by atoms with Gasteiger partial charge >= 0.3 is 0 Å². The number of benzene rings is 1. The molecule has 158 valence electrons. The highest BCUT2D eigenvalue weighted by Crippen LogP contribution is 2.31. The van der Waals surface area contributed by atoms with Gasteiger partial charge in [0.15, 0.2) is 0 Å². The van der Waals surface area contributed by atoms with Crippen molar-refractivity contribution in [3.05, 3.63) is 52.6 Å². The Kier molecular flexibility index (Phi) is 5.22. The fraction of sp³-hybridized carbons (Fsp3) is 0.435. The predicted octanol–water partition coefficient (Wildman–Crippen LogP) is 3.77. The number of anilines is 1. The van der Waals surface area contributed by atoms with Crippen molar-refractivity contribution in [3.63, 3.8) is 0 Å². The average Bonchev–Trinajstić information content (AvgIpc) is 3.08. The molecule has 1 aromatic heterocycles. The van der Waals surface area contributed by atoms with Crippen molar-refractivity contribution in [1.82, 2.24) is 9.88 Å². The highest BCUT2D eigenvalue weighted by atomic mass is 19.1. The Labute approximate surface area is 174 Å². The summed E-state index contributed by atoms with van der Waals surface area (Å²) in [5.74, 6) is -1.93. The zero-order chi connectivity index (χ0) is 21.5. The average molecular weight is 411 g/mol. The molecular weight excluding hydrogens is 385 g/mol. The molecule has 0 atom stereocenters. The van der Waals surface area contributed by atoms with Crippen LogP contribution < -0.4 is 10.6 Å². The molecular formula is C23H26FN3O3. The molecule has 1 fully saturated rings. The van der Waals surface area contributed by atoms with Crippen LogP contribution >= 0.6 is 0 Å². The summed E-state index contributed by atoms with van der Waals surface area (Å²) in [5, 5.41) is 5.63. The normalized spacial score (nSPS) is 16.9. The van der Waals surface area contributed by atoms with E-state index in [9.17, 15) is 18.8 Å². The first-order valence-corrected chi connectivity index (χ1v) is 10.4. The van der Waals surface area contributed by atoms with Gasteiger partial charge in [-0.15, -0.1) is 0 Å². The Morgan fingerprint density at radius 2 is 1.87 bits per heavy atom. The van der Waals surface area contributed by atoms with Crippen LogP contribution in [0.5, 0.6) is 0 Å². The van der Waals surface area contributed by atoms with E-state index in [2.05, 4.69) is 10.6 Å². The van der Waals surface area contributed by atoms with Crippen LogP contribution in [0.25, 0.3) is 0 Å². The Bertz CT molecular complexity index is 1040. The molecule has 1 saturated carbocycles. The molecule has 0 spiro atoms. The first-order valence-electron chi connectivity index (χ1n) is 10.4. The first-order chi connectivity index (χ1) is 14.3. The SMILES string of the molecule is Cc1cc(NC(=O)c2cc(C(=O)C(=O)NC3(C)CCC3)n3c2CCCC3)ccc1F. The quantitative estimate of drug-likeness (QED) is 0.581. The number of amides is 2. The van der Waals surface area contributed by atoms with Crippen molar-refractivity contribution in [2.24, 2.45) is 0 Å². The van der Waals surface area contributed by atoms with Gasteiger partial charge in [-0.2, -0.15) is 0 Å². The van der Waals surface area contributed by atoms with Crippen LogP contribution in [0.3, 0.4) is 0 Å². The minimum atomic E-state index is -0.621. The minimum absolute atomic E-state index is 0.255. The maximum atomic E-state index is 13.5. The summed E-state index contributed by atoms with van der Waals surface area (Å²) < 4.78 is 15.3. The number of rotatable bonds is 5. The highest BCUT2D eigenvalue weighted by molar-refractivity contribution is 6.42. The van der Waals surface area contributed by atoms with Crippen molar-refractivity contribution < 1.29 is 18.8 Å². The molecule has 0 unspecified atom stereocenters. The second-order valence-corrected chi connectivity index (χ2v) is 8.61. The van der Waals surface area contributed by atoms with E-state index in [-0.39, 0.29) is 23.0 Å². The number of Topliss-reactive ketones (excluding diaryl/α,β-unsaturated/α-hetero) is 1. The van der Waals surface area contributed by atoms with Gasteiger partial charge < -0.3 is 15.2 Å². The largest absolute Gasteiger partial charge is 0.344 e. The lowest BCUT2D eigenvalue weighted by atomic mass is 9.78. The van der Waals surface area contributed by atoms with E-state index in [1.54, 1.807) is 17.6 Å². The summed E-state index contributed by atoms with van der Waals surface area (Å²) in [7, 11) is 0. The number of carbonyl (C=O) groups excluding carboxylic acids is 3. The van der Waals surface area contributed by atoms with Crippen molar-refractivity contribution in [3.8, 4) is 0 Å². The van der Waals surface area contributed by atoms with E-state index < -0.39 is 11.7 Å². The molecule has 4 rings (SSSR count). The van der Waals surface area contributed by atoms with Crippen molar-refractivity contribution in [2.45, 2.75) is 64.5 Å². The third kappa shape index (κ3) is 3.76. The Balaban J connectivity index is 1.60. The van der Waals surface area contributed by atoms with E-state index in [1.165, 1.54) is 18.2 Å². The molecule has 2 aliphatic rings. The number of aromatic nitrogens is 1. The maximum absolute atomic E-state index is 13.5. The van der Waals surface area contributed by atoms with Crippen LogP contribution in [0.15, 0.2) is 24.3 Å². The molecule has 0 bridgehead atoms. The molecule has 2 heterocycles. The molecule has 2 amide bonds. The number of aryl methyl sites for hydroxylation is 1. The lowest BCUT2D eigenvalue weighted by Crippen LogP contribution is -2.53. The standard InChI is InChI=1S/C23H26FN3O3/c1-14-12-15(7-8-17(14)24)25-21(29)16-13-19(27-11-4-3-6-18(16)27)20(28)22(30)26-23(2)9-5-10-23/h7-8,12-13H,3-6,9-11H2,1-2H3,(H,25,29)(H,26,30). The Morgan fingerprint density at radius 3 is 2.53 bits per heavy atom. The Morgan fingerprint density at radius 1 is 1.10 bits per heavy atom. The van der Waals surface area contributed by atoms with Crippen LogP contribution in [-0.2, 0) is 17.8 Å². The zero-order valence-corrected chi connectivity index (χ0v) is 17.3. The highest BCUT2D eigenvalue weighted by Gasteiger charge is 2.36. The van der Waals surface area contributed by atoms with Crippen LogP contribution in [0.2, 0.25) is 0 Å². The monoisotopic (exact) mass is 411 g/mol. The summed E-state index contributed by atoms with van der Waals surface area (Å²) in [6, 6.07) is 5.90. The number of hydrogen-bond acceptors (Lipinski definition) is 3. The number of fused-ring (bicyclic) bond motifs is 1. The third-order valence-corrected chi connectivity index (χ3v) is 6.23. The minimum Gasteiger partial charge on any atom is -0.344 e. The third-order valence-electron chi connectivity index (χ3n) is 6.23. The molecule has 2 N–H and O–H groups in total. The number of halogens is 1. The van der Waals surface area contributed by atoms with Crippen molar-refractivity contribution >= 4 is 23.3 Å². The second kappa shape index (κ2) is 7.70. The van der Waals surface area contributed by atoms with Crippen LogP contribution in [-0.4, -0.2) is 27.7 Å². The van der Waals surface area contributed by atoms with Gasteiger partial charge in [-0.1, -0.05) is 0 Å². The van der Waals surface area contributed by atoms with E-state index in [1.807, 2.05) is 6.92 Å². The van der Waals surface area contributed by atoms with Gasteiger partial charge in [-0.25, -0.2) is 4.39 Å². The summed E-state index contributed by atoms with van der Waals surface area (Å²) in [4.78, 5) is 38.4. The number of carbonyl (C=O) groups is 3. The number of nitrogens with one attached hydrogen (secondary N) is 2. The Hall–Kier alpha value is -2.96. The van der Waals surface area contributed by atoms with Crippen molar-refractivity contribution in [2.75, 3.05) is 5.32 Å². The predicted molar refractivity (Wildman–Crippen MR) is 111 cm³/mol. The fourth-order valence-corrected chi connectivity index (χ4v) is 4.26. The van der Waals surface area contributed by atoms with E-state index >= 15 is 0 Å². The first kappa shape index (κ1) is 20.3. The van der Waals surface area contributed by atoms with Gasteiger partial charge in [0.2, 0.25) is 0 Å². The summed E-state index contributed by atoms with van der Waals surface area (Å²) in [6.07, 6.45) is 5.24.